The molecular weight excluding hydrogens is 1150 g/mol. The number of nitrogens with zero attached hydrogens (tertiary/aromatic N) is 1. The number of ether oxygens (including phenoxy) is 4. The van der Waals surface area contributed by atoms with Gasteiger partial charge in [0, 0.05) is 12.8 Å². The zero-order chi connectivity index (χ0) is 67.5. The van der Waals surface area contributed by atoms with Crippen LogP contribution >= 0.6 is 0 Å². The number of unbranched alkanes of at least 4 members (excludes halogenated alkanes) is 18. The summed E-state index contributed by atoms with van der Waals surface area (Å²) in [5.41, 5.74) is 0. The summed E-state index contributed by atoms with van der Waals surface area (Å²) in [4.78, 5) is 37.5. The van der Waals surface area contributed by atoms with Crippen LogP contribution in [-0.4, -0.2) is 82.3 Å². The highest BCUT2D eigenvalue weighted by Crippen LogP contribution is 2.16. The van der Waals surface area contributed by atoms with E-state index in [9.17, 15) is 19.5 Å². The summed E-state index contributed by atoms with van der Waals surface area (Å²) >= 11 is 0. The molecule has 0 radical (unpaired) electrons. The molecule has 9 heteroatoms. The third-order valence-electron chi connectivity index (χ3n) is 14.8. The van der Waals surface area contributed by atoms with E-state index in [1.54, 1.807) is 0 Å². The lowest BCUT2D eigenvalue weighted by Crippen LogP contribution is -2.44. The van der Waals surface area contributed by atoms with Crippen molar-refractivity contribution < 1.29 is 42.9 Å². The van der Waals surface area contributed by atoms with Gasteiger partial charge in [0.2, 0.25) is 0 Å². The second kappa shape index (κ2) is 72.0. The average Bonchev–Trinajstić information content (AvgIpc) is 3.38. The quantitative estimate of drug-likeness (QED) is 0.0195. The highest BCUT2D eigenvalue weighted by Gasteiger charge is 2.22. The molecule has 0 aliphatic carbocycles. The lowest BCUT2D eigenvalue weighted by atomic mass is 10.0. The van der Waals surface area contributed by atoms with Crippen molar-refractivity contribution in [2.75, 3.05) is 47.5 Å². The molecule has 0 aliphatic heterocycles. The van der Waals surface area contributed by atoms with Gasteiger partial charge in [0.25, 0.3) is 0 Å². The van der Waals surface area contributed by atoms with Crippen LogP contribution in [0.5, 0.6) is 0 Å². The van der Waals surface area contributed by atoms with E-state index in [-0.39, 0.29) is 38.6 Å². The molecule has 0 spiro atoms. The second-order valence-electron chi connectivity index (χ2n) is 24.8. The topological polar surface area (TPSA) is 111 Å². The van der Waals surface area contributed by atoms with Crippen LogP contribution in [0.2, 0.25) is 0 Å². The number of rotatable bonds is 65. The van der Waals surface area contributed by atoms with Gasteiger partial charge in [-0.25, -0.2) is 0 Å². The van der Waals surface area contributed by atoms with Gasteiger partial charge >= 0.3 is 11.9 Å². The number of esters is 2. The fourth-order valence-corrected chi connectivity index (χ4v) is 9.33. The lowest BCUT2D eigenvalue weighted by molar-refractivity contribution is -0.870. The molecule has 0 aromatic carbocycles. The Labute approximate surface area is 570 Å². The van der Waals surface area contributed by atoms with E-state index in [1.807, 2.05) is 21.1 Å². The minimum Gasteiger partial charge on any atom is -0.545 e. The van der Waals surface area contributed by atoms with E-state index >= 15 is 0 Å². The summed E-state index contributed by atoms with van der Waals surface area (Å²) in [6.45, 7) is 4.48. The van der Waals surface area contributed by atoms with Gasteiger partial charge in [0.15, 0.2) is 12.4 Å². The predicted octanol–water partition coefficient (Wildman–Crippen LogP) is 22.0. The first kappa shape index (κ1) is 87.1. The number of quaternary nitrogens is 1. The molecule has 0 bridgehead atoms. The summed E-state index contributed by atoms with van der Waals surface area (Å²) < 4.78 is 22.8. The fourth-order valence-electron chi connectivity index (χ4n) is 9.33. The second-order valence-corrected chi connectivity index (χ2v) is 24.8. The molecule has 2 atom stereocenters. The number of carbonyl (C=O) groups is 3. The average molecular weight is 1280 g/mol. The van der Waals surface area contributed by atoms with Gasteiger partial charge in [-0.2, -0.15) is 0 Å². The summed E-state index contributed by atoms with van der Waals surface area (Å²) in [5, 5.41) is 11.8. The maximum Gasteiger partial charge on any atom is 0.306 e. The first-order chi connectivity index (χ1) is 45.6. The van der Waals surface area contributed by atoms with Gasteiger partial charge in [-0.15, -0.1) is 0 Å². The molecule has 93 heavy (non-hydrogen) atoms. The number of aliphatic carboxylic acids is 1. The molecule has 0 rings (SSSR count). The minimum atomic E-state index is -1.64. The standard InChI is InChI=1S/C84H133NO8/c1-6-8-10-12-14-16-18-20-22-24-26-28-30-32-34-36-37-38-39-40-41-42-43-44-45-47-49-51-53-55-57-59-61-63-65-67-69-71-73-75-82(87)93-80(79-92-84(83(88)89)90-77-76-85(3,4)5)78-91-81(86)74-72-70-68-66-64-62-60-58-56-54-52-50-48-46-35-33-31-29-27-25-23-21-19-17-15-13-11-9-7-2/h8-11,14-17,20-23,26-29,32-35,37-38,40-41,43-44,47,49,53,55,59,61,80,84H,6-7,12-13,18-19,24-25,30-31,36,39,42,45-46,48,50-52,54,56-58,60,62-79H2,1-5H3/b10-8-,11-9-,16-14-,17-15-,22-20-,23-21-,28-26-,29-27-,34-32-,35-33-,38-37-,41-40-,44-43-,49-47-,55-53-,61-59-. The van der Waals surface area contributed by atoms with Gasteiger partial charge in [-0.05, 0) is 141 Å². The number of likely N-dealkylation sites (N-methyl/N-ethyl adjacent to an activating group) is 1. The van der Waals surface area contributed by atoms with E-state index in [0.29, 0.717) is 17.4 Å². The summed E-state index contributed by atoms with van der Waals surface area (Å²) in [7, 11) is 5.91. The SMILES string of the molecule is CC/C=C\C/C=C\C/C=C\C/C=C\C/C=C\C/C=C\C/C=C\C/C=C\C/C=C\C/C=C\C/C=C\CCCCCCCC(=O)OC(COC(=O)CCCCCCCCCCCCCCC/C=C\C/C=C\C/C=C\C/C=C\C/C=C\CC)COC(OCC[N+](C)(C)C)C(=O)[O-]. The first-order valence-electron chi connectivity index (χ1n) is 36.6. The Morgan fingerprint density at radius 1 is 0.323 bits per heavy atom. The number of carboxylic acid groups (broad SMARTS) is 1. The Bertz CT molecular complexity index is 2230. The van der Waals surface area contributed by atoms with Crippen molar-refractivity contribution >= 4 is 17.9 Å². The lowest BCUT2D eigenvalue weighted by Gasteiger charge is -2.26. The van der Waals surface area contributed by atoms with E-state index in [1.165, 1.54) is 70.6 Å². The van der Waals surface area contributed by atoms with Crippen LogP contribution in [0, 0.1) is 0 Å². The predicted molar refractivity (Wildman–Crippen MR) is 397 cm³/mol. The van der Waals surface area contributed by atoms with Crippen molar-refractivity contribution in [2.24, 2.45) is 0 Å². The van der Waals surface area contributed by atoms with Crippen molar-refractivity contribution in [3.63, 3.8) is 0 Å². The van der Waals surface area contributed by atoms with Crippen LogP contribution in [0.4, 0.5) is 0 Å². The fraction of sp³-hybridized carbons (Fsp3) is 0.583. The van der Waals surface area contributed by atoms with Crippen LogP contribution in [0.1, 0.15) is 258 Å². The molecule has 0 saturated carbocycles. The Hall–Kier alpha value is -5.87. The summed E-state index contributed by atoms with van der Waals surface area (Å²) in [6.07, 6.45) is 108. The smallest absolute Gasteiger partial charge is 0.306 e. The van der Waals surface area contributed by atoms with Crippen LogP contribution < -0.4 is 5.11 Å². The maximum absolute atomic E-state index is 12.9. The number of allylic oxidation sites excluding steroid dienone is 32. The van der Waals surface area contributed by atoms with Crippen LogP contribution in [0.3, 0.4) is 0 Å². The van der Waals surface area contributed by atoms with Crippen molar-refractivity contribution in [2.45, 2.75) is 270 Å². The Kier molecular flexibility index (Phi) is 67.4. The summed E-state index contributed by atoms with van der Waals surface area (Å²) in [5.74, 6) is -2.33. The molecule has 0 saturated heterocycles. The van der Waals surface area contributed by atoms with Crippen molar-refractivity contribution in [1.29, 1.82) is 0 Å². The third kappa shape index (κ3) is 73.4. The zero-order valence-electron chi connectivity index (χ0n) is 59.5. The largest absolute Gasteiger partial charge is 0.545 e. The van der Waals surface area contributed by atoms with Crippen molar-refractivity contribution in [3.05, 3.63) is 194 Å². The monoisotopic (exact) mass is 1280 g/mol. The third-order valence-corrected chi connectivity index (χ3v) is 14.8. The van der Waals surface area contributed by atoms with Crippen LogP contribution in [0.15, 0.2) is 194 Å². The molecule has 0 heterocycles. The van der Waals surface area contributed by atoms with E-state index in [0.717, 1.165) is 154 Å². The highest BCUT2D eigenvalue weighted by atomic mass is 16.7. The molecule has 0 aromatic rings. The molecular formula is C84H133NO8. The Morgan fingerprint density at radius 3 is 0.860 bits per heavy atom. The van der Waals surface area contributed by atoms with Gasteiger partial charge < -0.3 is 33.3 Å². The number of hydrogen-bond acceptors (Lipinski definition) is 8. The van der Waals surface area contributed by atoms with E-state index in [2.05, 4.69) is 208 Å². The molecule has 2 unspecified atom stereocenters. The Morgan fingerprint density at radius 2 is 0.581 bits per heavy atom. The molecule has 0 N–H and O–H groups in total. The van der Waals surface area contributed by atoms with Gasteiger partial charge in [-0.1, -0.05) is 298 Å². The zero-order valence-corrected chi connectivity index (χ0v) is 59.5. The molecule has 0 aliphatic rings. The molecule has 0 fully saturated rings. The van der Waals surface area contributed by atoms with Crippen LogP contribution in [0.25, 0.3) is 0 Å². The van der Waals surface area contributed by atoms with Crippen molar-refractivity contribution in [1.82, 2.24) is 0 Å². The highest BCUT2D eigenvalue weighted by molar-refractivity contribution is 5.70. The molecule has 9 nitrogen and oxygen atoms in total. The number of hydrogen-bond donors (Lipinski definition) is 0. The Balaban J connectivity index is 4.22. The minimum absolute atomic E-state index is 0.133. The van der Waals surface area contributed by atoms with E-state index in [4.69, 9.17) is 18.9 Å². The van der Waals surface area contributed by atoms with Crippen LogP contribution in [-0.2, 0) is 33.3 Å². The molecule has 0 aromatic heterocycles. The maximum atomic E-state index is 12.9. The number of carboxylic acids is 1. The van der Waals surface area contributed by atoms with E-state index < -0.39 is 24.3 Å². The van der Waals surface area contributed by atoms with Gasteiger partial charge in [0.05, 0.1) is 40.3 Å². The van der Waals surface area contributed by atoms with Gasteiger partial charge in [-0.3, -0.25) is 9.59 Å². The molecule has 522 valence electrons. The normalized spacial score (nSPS) is 13.9. The number of carbonyl (C=O) groups excluding carboxylic acids is 3. The van der Waals surface area contributed by atoms with Crippen molar-refractivity contribution in [3.8, 4) is 0 Å². The first-order valence-corrected chi connectivity index (χ1v) is 36.6. The van der Waals surface area contributed by atoms with Gasteiger partial charge in [0.1, 0.15) is 13.2 Å². The summed E-state index contributed by atoms with van der Waals surface area (Å²) in [6, 6.07) is 0. The molecule has 0 amide bonds.